The van der Waals surface area contributed by atoms with Crippen LogP contribution in [0.5, 0.6) is 0 Å². The average molecular weight is 255 g/mol. The summed E-state index contributed by atoms with van der Waals surface area (Å²) in [6.45, 7) is 5.77. The van der Waals surface area contributed by atoms with E-state index in [1.54, 1.807) is 11.3 Å². The Morgan fingerprint density at radius 2 is 2.31 bits per heavy atom. The van der Waals surface area contributed by atoms with Crippen molar-refractivity contribution >= 4 is 22.1 Å². The molecule has 4 heteroatoms. The summed E-state index contributed by atoms with van der Waals surface area (Å²) in [5, 5.41) is 11.0. The maximum absolute atomic E-state index is 12.0. The van der Waals surface area contributed by atoms with Gasteiger partial charge in [-0.15, -0.1) is 11.3 Å². The van der Waals surface area contributed by atoms with E-state index in [0.29, 0.717) is 12.2 Å². The second-order valence-electron chi connectivity index (χ2n) is 4.49. The van der Waals surface area contributed by atoms with Crippen LogP contribution < -0.4 is 0 Å². The van der Waals surface area contributed by atoms with E-state index in [-0.39, 0.29) is 10.7 Å². The maximum Gasteiger partial charge on any atom is 0.0684 e. The lowest BCUT2D eigenvalue weighted by Crippen LogP contribution is -2.15. The molecule has 0 radical (unpaired) electrons. The molecule has 0 saturated heterocycles. The summed E-state index contributed by atoms with van der Waals surface area (Å²) in [7, 11) is -0.883. The van der Waals surface area contributed by atoms with Gasteiger partial charge in [0.2, 0.25) is 0 Å². The van der Waals surface area contributed by atoms with Crippen molar-refractivity contribution in [2.45, 2.75) is 32.4 Å². The predicted octanol–water partition coefficient (Wildman–Crippen LogP) is 3.50. The highest BCUT2D eigenvalue weighted by Crippen LogP contribution is 2.26. The third-order valence-electron chi connectivity index (χ3n) is 2.57. The van der Waals surface area contributed by atoms with Gasteiger partial charge in [0.1, 0.15) is 0 Å². The highest BCUT2D eigenvalue weighted by Gasteiger charge is 2.21. The van der Waals surface area contributed by atoms with Crippen molar-refractivity contribution in [3.05, 3.63) is 22.4 Å². The standard InChI is InChI=1S/C12H17NOS2/c1-10(11-5-4-7-15-11)16(14)8-6-12(2,3)9-13/h4-5,7,10H,6,8H2,1-3H3. The van der Waals surface area contributed by atoms with Gasteiger partial charge in [0.25, 0.3) is 0 Å². The fraction of sp³-hybridized carbons (Fsp3) is 0.583. The quantitative estimate of drug-likeness (QED) is 0.808. The van der Waals surface area contributed by atoms with Crippen LogP contribution in [0.4, 0.5) is 0 Å². The minimum atomic E-state index is -0.883. The van der Waals surface area contributed by atoms with Crippen molar-refractivity contribution in [2.75, 3.05) is 5.75 Å². The normalized spacial score (nSPS) is 15.4. The Balaban J connectivity index is 2.51. The second kappa shape index (κ2) is 5.60. The van der Waals surface area contributed by atoms with E-state index in [1.807, 2.05) is 38.3 Å². The Labute approximate surface area is 104 Å². The fourth-order valence-corrected chi connectivity index (χ4v) is 3.79. The van der Waals surface area contributed by atoms with E-state index in [1.165, 1.54) is 0 Å². The molecule has 1 aromatic heterocycles. The zero-order valence-electron chi connectivity index (χ0n) is 9.90. The van der Waals surface area contributed by atoms with E-state index in [9.17, 15) is 4.21 Å². The number of rotatable bonds is 5. The molecule has 88 valence electrons. The van der Waals surface area contributed by atoms with Crippen LogP contribution in [0.15, 0.2) is 17.5 Å². The molecule has 0 fully saturated rings. The molecule has 2 nitrogen and oxygen atoms in total. The van der Waals surface area contributed by atoms with Crippen molar-refractivity contribution in [3.8, 4) is 6.07 Å². The lowest BCUT2D eigenvalue weighted by Gasteiger charge is -2.16. The molecule has 1 aromatic rings. The minimum absolute atomic E-state index is 0.0782. The van der Waals surface area contributed by atoms with Crippen LogP contribution >= 0.6 is 11.3 Å². The van der Waals surface area contributed by atoms with E-state index in [4.69, 9.17) is 5.26 Å². The van der Waals surface area contributed by atoms with Crippen LogP contribution in [0.1, 0.15) is 37.3 Å². The van der Waals surface area contributed by atoms with Crippen molar-refractivity contribution in [1.82, 2.24) is 0 Å². The SMILES string of the molecule is CC(c1cccs1)S(=O)CCC(C)(C)C#N. The molecule has 1 rings (SSSR count). The average Bonchev–Trinajstić information content (AvgIpc) is 2.78. The molecule has 2 unspecified atom stereocenters. The molecule has 0 bridgehead atoms. The van der Waals surface area contributed by atoms with Crippen LogP contribution in [0.2, 0.25) is 0 Å². The second-order valence-corrected chi connectivity index (χ2v) is 7.34. The molecular weight excluding hydrogens is 238 g/mol. The molecule has 0 aromatic carbocycles. The van der Waals surface area contributed by atoms with Gasteiger partial charge in [0.15, 0.2) is 0 Å². The first-order valence-electron chi connectivity index (χ1n) is 5.28. The molecule has 0 aliphatic heterocycles. The highest BCUT2D eigenvalue weighted by molar-refractivity contribution is 7.85. The molecular formula is C12H17NOS2. The van der Waals surface area contributed by atoms with Crippen LogP contribution in [0, 0.1) is 16.7 Å². The van der Waals surface area contributed by atoms with Crippen LogP contribution in [-0.4, -0.2) is 9.96 Å². The zero-order valence-corrected chi connectivity index (χ0v) is 11.5. The van der Waals surface area contributed by atoms with Gasteiger partial charge in [0, 0.05) is 21.4 Å². The third kappa shape index (κ3) is 3.73. The molecule has 2 atom stereocenters. The van der Waals surface area contributed by atoms with E-state index in [2.05, 4.69) is 6.07 Å². The van der Waals surface area contributed by atoms with Gasteiger partial charge in [-0.2, -0.15) is 5.26 Å². The number of hydrogen-bond donors (Lipinski definition) is 0. The van der Waals surface area contributed by atoms with Crippen LogP contribution in [0.3, 0.4) is 0 Å². The van der Waals surface area contributed by atoms with E-state index < -0.39 is 10.8 Å². The highest BCUT2D eigenvalue weighted by atomic mass is 32.2. The molecule has 1 heterocycles. The van der Waals surface area contributed by atoms with Crippen LogP contribution in [0.25, 0.3) is 0 Å². The fourth-order valence-electron chi connectivity index (χ4n) is 1.24. The summed E-state index contributed by atoms with van der Waals surface area (Å²) in [5.74, 6) is 0.597. The number of thiophene rings is 1. The molecule has 16 heavy (non-hydrogen) atoms. The first kappa shape index (κ1) is 13.4. The Morgan fingerprint density at radius 3 is 2.81 bits per heavy atom. The Hall–Kier alpha value is -0.660. The number of nitriles is 1. The van der Waals surface area contributed by atoms with E-state index >= 15 is 0 Å². The van der Waals surface area contributed by atoms with Crippen molar-refractivity contribution in [1.29, 1.82) is 5.26 Å². The molecule has 0 aliphatic rings. The number of nitrogens with zero attached hydrogens (tertiary/aromatic N) is 1. The summed E-state index contributed by atoms with van der Waals surface area (Å²) in [5.41, 5.74) is -0.370. The Bertz CT molecular complexity index is 390. The first-order valence-corrected chi connectivity index (χ1v) is 7.54. The Kier molecular flexibility index (Phi) is 4.69. The topological polar surface area (TPSA) is 40.9 Å². The van der Waals surface area contributed by atoms with Gasteiger partial charge < -0.3 is 0 Å². The molecule has 0 aliphatic carbocycles. The zero-order chi connectivity index (χ0) is 12.2. The van der Waals surface area contributed by atoms with E-state index in [0.717, 1.165) is 4.88 Å². The smallest absolute Gasteiger partial charge is 0.0684 e. The van der Waals surface area contributed by atoms with Gasteiger partial charge in [-0.25, -0.2) is 0 Å². The van der Waals surface area contributed by atoms with Crippen molar-refractivity contribution in [2.24, 2.45) is 5.41 Å². The van der Waals surface area contributed by atoms with Gasteiger partial charge in [-0.1, -0.05) is 6.07 Å². The summed E-state index contributed by atoms with van der Waals surface area (Å²) in [6, 6.07) is 6.23. The van der Waals surface area contributed by atoms with Gasteiger partial charge in [0.05, 0.1) is 16.7 Å². The van der Waals surface area contributed by atoms with Gasteiger partial charge >= 0.3 is 0 Å². The van der Waals surface area contributed by atoms with Gasteiger partial charge in [-0.05, 0) is 38.6 Å². The number of hydrogen-bond acceptors (Lipinski definition) is 3. The molecule has 0 saturated carbocycles. The van der Waals surface area contributed by atoms with Crippen molar-refractivity contribution in [3.63, 3.8) is 0 Å². The van der Waals surface area contributed by atoms with Gasteiger partial charge in [-0.3, -0.25) is 4.21 Å². The molecule has 0 amide bonds. The van der Waals surface area contributed by atoms with Crippen LogP contribution in [-0.2, 0) is 10.8 Å². The molecule has 0 N–H and O–H groups in total. The maximum atomic E-state index is 12.0. The Morgan fingerprint density at radius 1 is 1.62 bits per heavy atom. The lowest BCUT2D eigenvalue weighted by molar-refractivity contribution is 0.478. The monoisotopic (exact) mass is 255 g/mol. The predicted molar refractivity (Wildman–Crippen MR) is 69.8 cm³/mol. The largest absolute Gasteiger partial charge is 0.259 e. The molecule has 0 spiro atoms. The summed E-state index contributed by atoms with van der Waals surface area (Å²) in [6.07, 6.45) is 0.686. The summed E-state index contributed by atoms with van der Waals surface area (Å²) >= 11 is 1.64. The summed E-state index contributed by atoms with van der Waals surface area (Å²) < 4.78 is 12.0. The third-order valence-corrected chi connectivity index (χ3v) is 5.42. The first-order chi connectivity index (χ1) is 7.46. The lowest BCUT2D eigenvalue weighted by atomic mass is 9.93. The summed E-state index contributed by atoms with van der Waals surface area (Å²) in [4.78, 5) is 1.16. The minimum Gasteiger partial charge on any atom is -0.259 e. The van der Waals surface area contributed by atoms with Crippen molar-refractivity contribution < 1.29 is 4.21 Å².